The third kappa shape index (κ3) is 4.80. The number of ether oxygens (including phenoxy) is 1. The van der Waals surface area contributed by atoms with Crippen LogP contribution in [-0.2, 0) is 4.79 Å². The Kier molecular flexibility index (Phi) is 6.22. The summed E-state index contributed by atoms with van der Waals surface area (Å²) in [5.74, 6) is 0.890. The Morgan fingerprint density at radius 2 is 1.94 bits per heavy atom. The predicted molar refractivity (Wildman–Crippen MR) is 133 cm³/mol. The number of carbonyl (C=O) groups is 1. The maximum absolute atomic E-state index is 13.5. The monoisotopic (exact) mass is 482 g/mol. The smallest absolute Gasteiger partial charge is 0.244 e. The van der Waals surface area contributed by atoms with Crippen LogP contribution in [-0.4, -0.2) is 70.5 Å². The zero-order valence-corrected chi connectivity index (χ0v) is 20.5. The molecule has 9 heteroatoms. The van der Waals surface area contributed by atoms with Crippen LogP contribution in [0.4, 0.5) is 5.69 Å². The summed E-state index contributed by atoms with van der Waals surface area (Å²) in [6, 6.07) is 8.09. The van der Waals surface area contributed by atoms with Crippen LogP contribution >= 0.6 is 0 Å². The minimum Gasteiger partial charge on any atom is -0.490 e. The average Bonchev–Trinajstić information content (AvgIpc) is 3.63. The van der Waals surface area contributed by atoms with E-state index < -0.39 is 5.60 Å². The molecule has 190 valence electrons. The lowest BCUT2D eigenvalue weighted by molar-refractivity contribution is -0.146. The van der Waals surface area contributed by atoms with Gasteiger partial charge in [0.05, 0.1) is 36.5 Å². The van der Waals surface area contributed by atoms with Gasteiger partial charge in [-0.2, -0.15) is 5.01 Å². The fraction of sp³-hybridized carbons (Fsp3) is 0.654. The van der Waals surface area contributed by atoms with Gasteiger partial charge in [0.1, 0.15) is 12.0 Å². The van der Waals surface area contributed by atoms with Crippen LogP contribution in [0.5, 0.6) is 5.75 Å². The first kappa shape index (κ1) is 23.2. The molecule has 2 bridgehead atoms. The molecule has 6 rings (SSSR count). The van der Waals surface area contributed by atoms with Gasteiger partial charge in [-0.1, -0.05) is 12.2 Å². The number of hydrogen-bond acceptors (Lipinski definition) is 8. The molecular weight excluding hydrogens is 444 g/mol. The maximum Gasteiger partial charge on any atom is 0.244 e. The van der Waals surface area contributed by atoms with Crippen molar-refractivity contribution < 1.29 is 14.6 Å². The molecule has 5 N–H and O–H groups in total. The van der Waals surface area contributed by atoms with Gasteiger partial charge in [0.25, 0.3) is 0 Å². The summed E-state index contributed by atoms with van der Waals surface area (Å²) in [6.07, 6.45) is 11.0. The summed E-state index contributed by atoms with van der Waals surface area (Å²) < 4.78 is 5.86. The molecule has 6 atom stereocenters. The molecule has 1 aromatic carbocycles. The van der Waals surface area contributed by atoms with E-state index in [1.807, 2.05) is 36.2 Å². The van der Waals surface area contributed by atoms with E-state index in [2.05, 4.69) is 38.4 Å². The molecule has 3 saturated heterocycles. The second-order valence-corrected chi connectivity index (χ2v) is 10.9. The molecule has 0 radical (unpaired) electrons. The molecule has 4 heterocycles. The zero-order chi connectivity index (χ0) is 24.0. The highest BCUT2D eigenvalue weighted by Gasteiger charge is 2.52. The Bertz CT molecular complexity index is 949. The van der Waals surface area contributed by atoms with E-state index in [1.165, 1.54) is 0 Å². The van der Waals surface area contributed by atoms with Crippen molar-refractivity contribution in [2.24, 2.45) is 5.92 Å². The van der Waals surface area contributed by atoms with Gasteiger partial charge in [-0.05, 0) is 76.1 Å². The summed E-state index contributed by atoms with van der Waals surface area (Å²) in [5, 5.41) is 29.6. The number of anilines is 1. The standard InChI is InChI=1S/C26H38N6O3/c1-26(34)14-3-2-4-15-31-24(33)20-16-27-25(28-17-8-10-18(11-9-17)35-19-12-13-19)30-23(20)32(31)22-7-5-6-21(26)29-22/h2,4,8-11,19-23,25,27-30,34H,3,5-7,12-16H2,1H3/b4-2-/t20?,21?,22?,23?,25?,26-/m1/s1. The van der Waals surface area contributed by atoms with E-state index in [4.69, 9.17) is 4.74 Å². The number of rotatable bonds is 4. The molecule has 5 aliphatic rings. The van der Waals surface area contributed by atoms with Crippen molar-refractivity contribution >= 4 is 11.6 Å². The Morgan fingerprint density at radius 3 is 2.74 bits per heavy atom. The number of benzene rings is 1. The number of piperidine rings is 1. The number of nitrogens with one attached hydrogen (secondary N) is 4. The number of carbonyl (C=O) groups excluding carboxylic acids is 1. The number of nitrogens with zero attached hydrogens (tertiary/aromatic N) is 2. The summed E-state index contributed by atoms with van der Waals surface area (Å²) in [7, 11) is 0. The molecule has 1 aromatic rings. The largest absolute Gasteiger partial charge is 0.490 e. The van der Waals surface area contributed by atoms with E-state index in [0.717, 1.165) is 50.0 Å². The van der Waals surface area contributed by atoms with Crippen LogP contribution in [0.2, 0.25) is 0 Å². The van der Waals surface area contributed by atoms with Crippen molar-refractivity contribution in [1.82, 2.24) is 26.0 Å². The Hall–Kier alpha value is -2.17. The van der Waals surface area contributed by atoms with Crippen molar-refractivity contribution in [3.8, 4) is 5.75 Å². The molecule has 0 aromatic heterocycles. The molecular formula is C26H38N6O3. The third-order valence-electron chi connectivity index (χ3n) is 8.08. The third-order valence-corrected chi connectivity index (χ3v) is 8.08. The minimum absolute atomic E-state index is 0.00391. The number of aliphatic hydroxyl groups is 1. The lowest BCUT2D eigenvalue weighted by atomic mass is 9.85. The van der Waals surface area contributed by atoms with Crippen molar-refractivity contribution in [1.29, 1.82) is 0 Å². The second-order valence-electron chi connectivity index (χ2n) is 10.9. The van der Waals surface area contributed by atoms with E-state index in [9.17, 15) is 9.90 Å². The van der Waals surface area contributed by atoms with Crippen molar-refractivity contribution in [2.75, 3.05) is 18.4 Å². The van der Waals surface area contributed by atoms with Gasteiger partial charge in [-0.25, -0.2) is 0 Å². The Labute approximate surface area is 207 Å². The topological polar surface area (TPSA) is 101 Å². The predicted octanol–water partition coefficient (Wildman–Crippen LogP) is 1.69. The lowest BCUT2D eigenvalue weighted by Crippen LogP contribution is -2.69. The van der Waals surface area contributed by atoms with Crippen LogP contribution < -0.4 is 26.0 Å². The summed E-state index contributed by atoms with van der Waals surface area (Å²) >= 11 is 0. The molecule has 1 saturated carbocycles. The van der Waals surface area contributed by atoms with E-state index in [-0.39, 0.29) is 36.5 Å². The number of amides is 1. The first-order valence-electron chi connectivity index (χ1n) is 13.2. The number of hydrazine groups is 1. The van der Waals surface area contributed by atoms with Crippen molar-refractivity contribution in [2.45, 2.75) is 88.2 Å². The summed E-state index contributed by atoms with van der Waals surface area (Å²) in [4.78, 5) is 13.5. The number of fused-ring (bicyclic) bond motifs is 6. The minimum atomic E-state index is -0.775. The summed E-state index contributed by atoms with van der Waals surface area (Å²) in [6.45, 7) is 3.10. The van der Waals surface area contributed by atoms with Crippen LogP contribution in [0, 0.1) is 5.92 Å². The maximum atomic E-state index is 13.5. The Balaban J connectivity index is 1.19. The van der Waals surface area contributed by atoms with Gasteiger partial charge in [-0.3, -0.25) is 25.8 Å². The quantitative estimate of drug-likeness (QED) is 0.414. The zero-order valence-electron chi connectivity index (χ0n) is 20.5. The highest BCUT2D eigenvalue weighted by Crippen LogP contribution is 2.34. The SMILES string of the molecule is C[C@@]1(O)CC/C=C\CN2C(=O)C3CNC(Nc4ccc(OC5CC5)cc4)NC3N2C2CCCC1N2. The fourth-order valence-corrected chi connectivity index (χ4v) is 5.91. The second kappa shape index (κ2) is 9.37. The lowest BCUT2D eigenvalue weighted by Gasteiger charge is -2.47. The van der Waals surface area contributed by atoms with Gasteiger partial charge in [-0.15, -0.1) is 0 Å². The molecule has 35 heavy (non-hydrogen) atoms. The molecule has 5 unspecified atom stereocenters. The molecule has 1 aliphatic carbocycles. The highest BCUT2D eigenvalue weighted by atomic mass is 16.5. The first-order chi connectivity index (χ1) is 17.0. The molecule has 0 spiro atoms. The first-order valence-corrected chi connectivity index (χ1v) is 13.2. The average molecular weight is 483 g/mol. The normalized spacial score (nSPS) is 38.7. The van der Waals surface area contributed by atoms with Crippen molar-refractivity contribution in [3.05, 3.63) is 36.4 Å². The molecule has 1 amide bonds. The van der Waals surface area contributed by atoms with Crippen LogP contribution in [0.3, 0.4) is 0 Å². The van der Waals surface area contributed by atoms with E-state index in [0.29, 0.717) is 25.6 Å². The summed E-state index contributed by atoms with van der Waals surface area (Å²) in [5.41, 5.74) is 0.215. The van der Waals surface area contributed by atoms with E-state index >= 15 is 0 Å². The van der Waals surface area contributed by atoms with Gasteiger partial charge >= 0.3 is 0 Å². The van der Waals surface area contributed by atoms with Crippen LogP contribution in [0.1, 0.15) is 51.9 Å². The number of hydrogen-bond donors (Lipinski definition) is 5. The van der Waals surface area contributed by atoms with Gasteiger partial charge in [0, 0.05) is 18.3 Å². The van der Waals surface area contributed by atoms with Crippen molar-refractivity contribution in [3.63, 3.8) is 0 Å². The van der Waals surface area contributed by atoms with Crippen LogP contribution in [0.15, 0.2) is 36.4 Å². The highest BCUT2D eigenvalue weighted by molar-refractivity contribution is 5.82. The molecule has 4 fully saturated rings. The fourth-order valence-electron chi connectivity index (χ4n) is 5.91. The van der Waals surface area contributed by atoms with Gasteiger partial charge in [0.2, 0.25) is 5.91 Å². The number of allylic oxidation sites excluding steroid dienone is 1. The van der Waals surface area contributed by atoms with Gasteiger partial charge in [0.15, 0.2) is 0 Å². The van der Waals surface area contributed by atoms with Gasteiger partial charge < -0.3 is 15.2 Å². The molecule has 9 nitrogen and oxygen atoms in total. The van der Waals surface area contributed by atoms with Crippen LogP contribution in [0.25, 0.3) is 0 Å². The molecule has 4 aliphatic heterocycles. The van der Waals surface area contributed by atoms with E-state index in [1.54, 1.807) is 0 Å². The Morgan fingerprint density at radius 1 is 1.11 bits per heavy atom.